The molecule has 21 heavy (non-hydrogen) atoms. The molecule has 0 radical (unpaired) electrons. The van der Waals surface area contributed by atoms with Crippen LogP contribution in [0.5, 0.6) is 0 Å². The zero-order chi connectivity index (χ0) is 15.2. The van der Waals surface area contributed by atoms with Crippen LogP contribution >= 0.6 is 0 Å². The van der Waals surface area contributed by atoms with Crippen LogP contribution in [-0.4, -0.2) is 21.1 Å². The number of aryl methyl sites for hydroxylation is 2. The van der Waals surface area contributed by atoms with Crippen LogP contribution in [0.4, 0.5) is 5.95 Å². The van der Waals surface area contributed by atoms with Gasteiger partial charge in [0.25, 0.3) is 0 Å². The summed E-state index contributed by atoms with van der Waals surface area (Å²) in [7, 11) is 0. The maximum absolute atomic E-state index is 12.3. The van der Waals surface area contributed by atoms with Crippen molar-refractivity contribution in [3.8, 4) is 18.0 Å². The predicted octanol–water partition coefficient (Wildman–Crippen LogP) is 1.05. The summed E-state index contributed by atoms with van der Waals surface area (Å²) in [5.74, 6) is 3.17. The molecule has 0 fully saturated rings. The smallest absolute Gasteiger partial charge is 0.289 e. The van der Waals surface area contributed by atoms with E-state index in [4.69, 9.17) is 6.42 Å². The Hall–Kier alpha value is -2.65. The number of benzene rings is 1. The van der Waals surface area contributed by atoms with Gasteiger partial charge in [0.15, 0.2) is 0 Å². The second-order valence-corrected chi connectivity index (χ2v) is 4.38. The Kier molecular flexibility index (Phi) is 4.69. The van der Waals surface area contributed by atoms with Gasteiger partial charge in [0.05, 0.1) is 12.2 Å². The minimum absolute atomic E-state index is 0.206. The standard InChI is InChI=1S/C15H17N5O/c1-4-10-16-19-14-17-11(3)20(15(21)18-14)13-9-7-6-8-12(13)5-2/h1,6-9,16H,5,10H2,2-3H3,(H,18,19,21). The quantitative estimate of drug-likeness (QED) is 0.487. The van der Waals surface area contributed by atoms with E-state index < -0.39 is 0 Å². The molecule has 1 aromatic carbocycles. The van der Waals surface area contributed by atoms with Crippen LogP contribution in [0, 0.1) is 19.3 Å². The summed E-state index contributed by atoms with van der Waals surface area (Å²) in [6.45, 7) is 4.12. The van der Waals surface area contributed by atoms with E-state index in [1.165, 1.54) is 4.57 Å². The van der Waals surface area contributed by atoms with Gasteiger partial charge in [0.1, 0.15) is 5.82 Å². The second kappa shape index (κ2) is 6.68. The highest BCUT2D eigenvalue weighted by Gasteiger charge is 2.11. The molecular formula is C15H17N5O. The molecule has 0 bridgehead atoms. The van der Waals surface area contributed by atoms with E-state index >= 15 is 0 Å². The Morgan fingerprint density at radius 1 is 1.33 bits per heavy atom. The summed E-state index contributed by atoms with van der Waals surface area (Å²) in [4.78, 5) is 20.4. The summed E-state index contributed by atoms with van der Waals surface area (Å²) < 4.78 is 1.51. The second-order valence-electron chi connectivity index (χ2n) is 4.38. The summed E-state index contributed by atoms with van der Waals surface area (Å²) in [5.41, 5.74) is 6.93. The lowest BCUT2D eigenvalue weighted by Crippen LogP contribution is -2.30. The van der Waals surface area contributed by atoms with Gasteiger partial charge in [-0.05, 0) is 25.0 Å². The van der Waals surface area contributed by atoms with Crippen molar-refractivity contribution in [2.45, 2.75) is 20.3 Å². The Bertz CT molecular complexity index is 730. The highest BCUT2D eigenvalue weighted by molar-refractivity contribution is 5.42. The van der Waals surface area contributed by atoms with Crippen LogP contribution in [-0.2, 0) is 6.42 Å². The number of anilines is 1. The van der Waals surface area contributed by atoms with E-state index in [1.807, 2.05) is 31.2 Å². The molecule has 1 aromatic heterocycles. The van der Waals surface area contributed by atoms with E-state index in [9.17, 15) is 4.79 Å². The van der Waals surface area contributed by atoms with Gasteiger partial charge in [-0.2, -0.15) is 9.97 Å². The average Bonchev–Trinajstić information content (AvgIpc) is 2.47. The number of hydrogen-bond acceptors (Lipinski definition) is 5. The highest BCUT2D eigenvalue weighted by atomic mass is 16.1. The van der Waals surface area contributed by atoms with E-state index in [0.717, 1.165) is 17.7 Å². The number of hydrazine groups is 1. The largest absolute Gasteiger partial charge is 0.356 e. The Morgan fingerprint density at radius 2 is 2.10 bits per heavy atom. The summed E-state index contributed by atoms with van der Waals surface area (Å²) >= 11 is 0. The first-order valence-corrected chi connectivity index (χ1v) is 6.65. The van der Waals surface area contributed by atoms with Crippen molar-refractivity contribution in [2.24, 2.45) is 0 Å². The molecule has 0 saturated heterocycles. The Labute approximate surface area is 123 Å². The number of aromatic nitrogens is 3. The minimum atomic E-state index is -0.381. The fraction of sp³-hybridized carbons (Fsp3) is 0.267. The Morgan fingerprint density at radius 3 is 2.76 bits per heavy atom. The zero-order valence-electron chi connectivity index (χ0n) is 12.1. The van der Waals surface area contributed by atoms with Crippen LogP contribution in [0.3, 0.4) is 0 Å². The lowest BCUT2D eigenvalue weighted by Gasteiger charge is -2.13. The topological polar surface area (TPSA) is 71.8 Å². The molecule has 0 unspecified atom stereocenters. The average molecular weight is 283 g/mol. The molecule has 2 rings (SSSR count). The van der Waals surface area contributed by atoms with Gasteiger partial charge in [0, 0.05) is 0 Å². The fourth-order valence-electron chi connectivity index (χ4n) is 2.04. The monoisotopic (exact) mass is 283 g/mol. The third kappa shape index (κ3) is 3.27. The van der Waals surface area contributed by atoms with E-state index in [1.54, 1.807) is 6.92 Å². The molecule has 108 valence electrons. The lowest BCUT2D eigenvalue weighted by molar-refractivity contribution is 0.781. The molecule has 2 N–H and O–H groups in total. The van der Waals surface area contributed by atoms with E-state index in [0.29, 0.717) is 12.4 Å². The first kappa shape index (κ1) is 14.8. The van der Waals surface area contributed by atoms with Crippen molar-refractivity contribution >= 4 is 5.95 Å². The highest BCUT2D eigenvalue weighted by Crippen LogP contribution is 2.14. The van der Waals surface area contributed by atoms with E-state index in [2.05, 4.69) is 26.7 Å². The molecule has 0 atom stereocenters. The number of nitrogens with zero attached hydrogens (tertiary/aromatic N) is 3. The first-order valence-electron chi connectivity index (χ1n) is 6.65. The predicted molar refractivity (Wildman–Crippen MR) is 82.2 cm³/mol. The van der Waals surface area contributed by atoms with Gasteiger partial charge in [-0.1, -0.05) is 31.0 Å². The molecule has 6 heteroatoms. The van der Waals surface area contributed by atoms with Crippen molar-refractivity contribution in [1.82, 2.24) is 20.0 Å². The van der Waals surface area contributed by atoms with Crippen molar-refractivity contribution < 1.29 is 0 Å². The van der Waals surface area contributed by atoms with Gasteiger partial charge in [-0.15, -0.1) is 6.42 Å². The van der Waals surface area contributed by atoms with Crippen molar-refractivity contribution in [3.05, 3.63) is 46.1 Å². The van der Waals surface area contributed by atoms with Crippen LogP contribution in [0.15, 0.2) is 29.1 Å². The third-order valence-electron chi connectivity index (χ3n) is 2.99. The molecule has 0 saturated carbocycles. The number of rotatable bonds is 5. The number of hydrogen-bond donors (Lipinski definition) is 2. The number of para-hydroxylation sites is 1. The normalized spacial score (nSPS) is 10.1. The Balaban J connectivity index is 2.42. The van der Waals surface area contributed by atoms with Crippen molar-refractivity contribution in [3.63, 3.8) is 0 Å². The van der Waals surface area contributed by atoms with Crippen LogP contribution in [0.25, 0.3) is 5.69 Å². The molecule has 0 spiro atoms. The molecule has 0 amide bonds. The molecule has 0 aliphatic carbocycles. The maximum Gasteiger partial charge on any atom is 0.356 e. The molecule has 6 nitrogen and oxygen atoms in total. The van der Waals surface area contributed by atoms with Gasteiger partial charge in [-0.25, -0.2) is 14.8 Å². The first-order chi connectivity index (χ1) is 10.2. The molecule has 0 aliphatic rings. The van der Waals surface area contributed by atoms with Gasteiger partial charge in [0.2, 0.25) is 5.95 Å². The van der Waals surface area contributed by atoms with Crippen molar-refractivity contribution in [2.75, 3.05) is 12.0 Å². The van der Waals surface area contributed by atoms with Crippen molar-refractivity contribution in [1.29, 1.82) is 0 Å². The van der Waals surface area contributed by atoms with Crippen LogP contribution < -0.4 is 16.5 Å². The SMILES string of the molecule is C#CCNNc1nc(C)n(-c2ccccc2CC)c(=O)n1. The lowest BCUT2D eigenvalue weighted by atomic mass is 10.1. The summed E-state index contributed by atoms with van der Waals surface area (Å²) in [5, 5.41) is 0. The zero-order valence-corrected chi connectivity index (χ0v) is 12.1. The summed E-state index contributed by atoms with van der Waals surface area (Å²) in [6, 6.07) is 7.71. The molecule has 1 heterocycles. The summed E-state index contributed by atoms with van der Waals surface area (Å²) in [6.07, 6.45) is 5.95. The van der Waals surface area contributed by atoms with Crippen LogP contribution in [0.1, 0.15) is 18.3 Å². The van der Waals surface area contributed by atoms with E-state index in [-0.39, 0.29) is 11.6 Å². The third-order valence-corrected chi connectivity index (χ3v) is 2.99. The van der Waals surface area contributed by atoms with Gasteiger partial charge >= 0.3 is 5.69 Å². The molecular weight excluding hydrogens is 266 g/mol. The van der Waals surface area contributed by atoms with Gasteiger partial charge in [-0.3, -0.25) is 5.43 Å². The number of terminal acetylenes is 1. The van der Waals surface area contributed by atoms with Gasteiger partial charge < -0.3 is 0 Å². The fourth-order valence-corrected chi connectivity index (χ4v) is 2.04. The maximum atomic E-state index is 12.3. The minimum Gasteiger partial charge on any atom is -0.289 e. The number of nitrogens with one attached hydrogen (secondary N) is 2. The van der Waals surface area contributed by atoms with Crippen LogP contribution in [0.2, 0.25) is 0 Å². The molecule has 2 aromatic rings. The molecule has 0 aliphatic heterocycles.